The molecule has 3 aliphatic heterocycles. The van der Waals surface area contributed by atoms with E-state index in [0.717, 1.165) is 19.6 Å². The number of rotatable bonds is 6. The Morgan fingerprint density at radius 2 is 1.95 bits per heavy atom. The summed E-state index contributed by atoms with van der Waals surface area (Å²) in [4.78, 5) is 36.3. The topological polar surface area (TPSA) is 89.1 Å². The summed E-state index contributed by atoms with van der Waals surface area (Å²) in [5.41, 5.74) is 1.27. The number of imide groups is 1. The second-order valence-corrected chi connectivity index (χ2v) is 10.2. The van der Waals surface area contributed by atoms with Gasteiger partial charge in [-0.15, -0.1) is 0 Å². The number of aromatic nitrogens is 1. The Bertz CT molecular complexity index is 1440. The second kappa shape index (κ2) is 8.62. The van der Waals surface area contributed by atoms with Crippen LogP contribution in [0.25, 0.3) is 10.9 Å². The van der Waals surface area contributed by atoms with E-state index in [1.165, 1.54) is 12.0 Å². The third-order valence-electron chi connectivity index (χ3n) is 7.89. The van der Waals surface area contributed by atoms with Gasteiger partial charge in [0.2, 0.25) is 0 Å². The number of phenols is 1. The number of carbonyl (C=O) groups excluding carboxylic acids is 2. The molecule has 3 amide bonds. The first-order valence-corrected chi connectivity index (χ1v) is 12.5. The van der Waals surface area contributed by atoms with Gasteiger partial charge in [0.15, 0.2) is 11.6 Å². The Balaban J connectivity index is 1.45. The maximum Gasteiger partial charge on any atom is 0.328 e. The Morgan fingerprint density at radius 3 is 2.68 bits per heavy atom. The number of hydrogen-bond acceptors (Lipinski definition) is 5. The molecule has 3 aliphatic rings. The molecule has 0 bridgehead atoms. The van der Waals surface area contributed by atoms with E-state index in [1.54, 1.807) is 42.2 Å². The van der Waals surface area contributed by atoms with Crippen molar-refractivity contribution in [3.05, 3.63) is 71.2 Å². The first-order chi connectivity index (χ1) is 17.8. The van der Waals surface area contributed by atoms with E-state index < -0.39 is 17.4 Å². The van der Waals surface area contributed by atoms with Gasteiger partial charge in [0, 0.05) is 49.2 Å². The second-order valence-electron chi connectivity index (χ2n) is 10.2. The average Bonchev–Trinajstić information content (AvgIpc) is 3.57. The molecule has 0 spiro atoms. The van der Waals surface area contributed by atoms with Gasteiger partial charge in [-0.1, -0.05) is 24.3 Å². The lowest BCUT2D eigenvalue weighted by atomic mass is 9.81. The van der Waals surface area contributed by atoms with Crippen molar-refractivity contribution in [2.75, 3.05) is 33.3 Å². The largest absolute Gasteiger partial charge is 0.508 e. The maximum atomic E-state index is 15.5. The number of hydrogen-bond donors (Lipinski definition) is 2. The number of phenolic OH excluding ortho intramolecular Hbond substituents is 1. The lowest BCUT2D eigenvalue weighted by Gasteiger charge is -2.42. The Hall–Kier alpha value is -3.85. The number of fused-ring (bicyclic) bond motifs is 4. The van der Waals surface area contributed by atoms with Gasteiger partial charge >= 0.3 is 6.03 Å². The summed E-state index contributed by atoms with van der Waals surface area (Å²) in [7, 11) is 1.41. The molecule has 0 saturated carbocycles. The minimum absolute atomic E-state index is 0.0457. The zero-order valence-electron chi connectivity index (χ0n) is 20.8. The number of amides is 3. The summed E-state index contributed by atoms with van der Waals surface area (Å²) >= 11 is 0. The molecular formula is C28H29FN4O4. The number of carbonyl (C=O) groups is 2. The van der Waals surface area contributed by atoms with Crippen molar-refractivity contribution in [3.8, 4) is 11.5 Å². The first kappa shape index (κ1) is 23.5. The highest BCUT2D eigenvalue weighted by atomic mass is 19.1. The third-order valence-corrected chi connectivity index (χ3v) is 7.89. The molecule has 2 N–H and O–H groups in total. The number of H-pyrrole nitrogens is 1. The van der Waals surface area contributed by atoms with E-state index in [-0.39, 0.29) is 29.9 Å². The minimum atomic E-state index is -1.21. The first-order valence-electron chi connectivity index (χ1n) is 12.5. The molecule has 1 fully saturated rings. The van der Waals surface area contributed by atoms with Crippen LogP contribution in [-0.4, -0.2) is 75.6 Å². The van der Waals surface area contributed by atoms with Gasteiger partial charge in [-0.3, -0.25) is 19.5 Å². The highest BCUT2D eigenvalue weighted by Gasteiger charge is 2.60. The van der Waals surface area contributed by atoms with E-state index in [0.29, 0.717) is 40.7 Å². The van der Waals surface area contributed by atoms with E-state index in [2.05, 4.69) is 22.0 Å². The number of urea groups is 1. The number of methoxy groups -OCH3 is 1. The number of nitrogens with one attached hydrogen (secondary N) is 1. The molecule has 0 unspecified atom stereocenters. The number of aromatic hydroxyl groups is 1. The van der Waals surface area contributed by atoms with E-state index in [9.17, 15) is 14.7 Å². The molecule has 192 valence electrons. The van der Waals surface area contributed by atoms with Crippen molar-refractivity contribution in [1.29, 1.82) is 0 Å². The van der Waals surface area contributed by atoms with Crippen LogP contribution in [0.5, 0.6) is 11.5 Å². The fraction of sp³-hybridized carbons (Fsp3) is 0.357. The monoisotopic (exact) mass is 504 g/mol. The van der Waals surface area contributed by atoms with Gasteiger partial charge < -0.3 is 14.8 Å². The number of benzene rings is 2. The number of nitrogens with zero attached hydrogens (tertiary/aromatic N) is 3. The van der Waals surface area contributed by atoms with Gasteiger partial charge in [0.1, 0.15) is 17.3 Å². The SMILES string of the molecule is COc1ccc2[nH]c3c(c2c1F)C[C@@]1(C)C(=O)N(CCCN2CC=CC2)C(=O)N1[C@@H]3c1cccc(O)c1. The normalized spacial score (nSPS) is 23.3. The van der Waals surface area contributed by atoms with Crippen LogP contribution in [0.3, 0.4) is 0 Å². The molecule has 0 radical (unpaired) electrons. The zero-order chi connectivity index (χ0) is 25.9. The lowest BCUT2D eigenvalue weighted by Crippen LogP contribution is -2.53. The van der Waals surface area contributed by atoms with Gasteiger partial charge in [0.25, 0.3) is 5.91 Å². The third kappa shape index (κ3) is 3.52. The Kier molecular flexibility index (Phi) is 5.49. The van der Waals surface area contributed by atoms with Crippen molar-refractivity contribution in [1.82, 2.24) is 19.7 Å². The van der Waals surface area contributed by atoms with Crippen LogP contribution in [0.1, 0.15) is 36.2 Å². The summed E-state index contributed by atoms with van der Waals surface area (Å²) < 4.78 is 20.8. The van der Waals surface area contributed by atoms with Crippen molar-refractivity contribution in [3.63, 3.8) is 0 Å². The minimum Gasteiger partial charge on any atom is -0.508 e. The van der Waals surface area contributed by atoms with E-state index in [1.807, 2.05) is 6.07 Å². The smallest absolute Gasteiger partial charge is 0.328 e. The van der Waals surface area contributed by atoms with Crippen molar-refractivity contribution in [2.24, 2.45) is 0 Å². The number of aromatic amines is 1. The zero-order valence-corrected chi connectivity index (χ0v) is 20.8. The molecule has 8 nitrogen and oxygen atoms in total. The molecule has 2 atom stereocenters. The molecular weight excluding hydrogens is 475 g/mol. The van der Waals surface area contributed by atoms with Gasteiger partial charge in [0.05, 0.1) is 7.11 Å². The van der Waals surface area contributed by atoms with Crippen LogP contribution in [-0.2, 0) is 11.2 Å². The van der Waals surface area contributed by atoms with Crippen LogP contribution in [0.2, 0.25) is 0 Å². The summed E-state index contributed by atoms with van der Waals surface area (Å²) in [5.74, 6) is -0.630. The molecule has 0 aliphatic carbocycles. The molecule has 9 heteroatoms. The predicted octanol–water partition coefficient (Wildman–Crippen LogP) is 3.95. The number of ether oxygens (including phenoxy) is 1. The van der Waals surface area contributed by atoms with E-state index >= 15 is 4.39 Å². The quantitative estimate of drug-likeness (QED) is 0.392. The molecule has 1 aromatic heterocycles. The van der Waals surface area contributed by atoms with Crippen molar-refractivity contribution < 1.29 is 23.8 Å². The fourth-order valence-electron chi connectivity index (χ4n) is 6.10. The molecule has 1 saturated heterocycles. The summed E-state index contributed by atoms with van der Waals surface area (Å²) in [5, 5.41) is 10.6. The van der Waals surface area contributed by atoms with Crippen molar-refractivity contribution >= 4 is 22.8 Å². The maximum absolute atomic E-state index is 15.5. The highest BCUT2D eigenvalue weighted by Crippen LogP contribution is 2.49. The number of halogens is 1. The van der Waals surface area contributed by atoms with Gasteiger partial charge in [-0.2, -0.15) is 0 Å². The average molecular weight is 505 g/mol. The van der Waals surface area contributed by atoms with Crippen molar-refractivity contribution in [2.45, 2.75) is 31.3 Å². The summed E-state index contributed by atoms with van der Waals surface area (Å²) in [6.45, 7) is 4.60. The molecule has 37 heavy (non-hydrogen) atoms. The highest BCUT2D eigenvalue weighted by molar-refractivity contribution is 6.08. The van der Waals surface area contributed by atoms with E-state index in [4.69, 9.17) is 4.74 Å². The van der Waals surface area contributed by atoms with Crippen LogP contribution in [0.4, 0.5) is 9.18 Å². The molecule has 6 rings (SSSR count). The fourth-order valence-corrected chi connectivity index (χ4v) is 6.10. The van der Waals surface area contributed by atoms with Crippen LogP contribution in [0.15, 0.2) is 48.6 Å². The van der Waals surface area contributed by atoms with Crippen LogP contribution >= 0.6 is 0 Å². The summed E-state index contributed by atoms with van der Waals surface area (Å²) in [6.07, 6.45) is 5.05. The Labute approximate surface area is 213 Å². The van der Waals surface area contributed by atoms with Gasteiger partial charge in [-0.25, -0.2) is 9.18 Å². The van der Waals surface area contributed by atoms with Gasteiger partial charge in [-0.05, 0) is 48.7 Å². The standard InChI is InChI=1S/C28H29FN4O4/c1-28-16-19-22-20(9-10-21(37-2)23(22)29)30-24(19)25(17-7-5-8-18(34)15-17)33(28)27(36)32(26(28)35)14-6-13-31-11-3-4-12-31/h3-5,7-10,15,25,30,34H,6,11-14,16H2,1-2H3/t25-,28+/m1/s1. The Morgan fingerprint density at radius 1 is 1.16 bits per heavy atom. The molecule has 2 aromatic carbocycles. The molecule has 3 aromatic rings. The molecule has 4 heterocycles. The van der Waals surface area contributed by atoms with Crippen LogP contribution in [0, 0.1) is 5.82 Å². The lowest BCUT2D eigenvalue weighted by molar-refractivity contribution is -0.133. The van der Waals surface area contributed by atoms with Crippen LogP contribution < -0.4 is 4.74 Å². The summed E-state index contributed by atoms with van der Waals surface area (Å²) in [6, 6.07) is 8.87. The predicted molar refractivity (Wildman–Crippen MR) is 136 cm³/mol.